The van der Waals surface area contributed by atoms with Crippen molar-refractivity contribution in [1.29, 1.82) is 0 Å². The molecule has 266 valence electrons. The molecule has 7 atom stereocenters. The number of carboxylic acid groups (broad SMARTS) is 2. The number of aliphatic carboxylic acids is 2. The molecule has 2 heterocycles. The van der Waals surface area contributed by atoms with Gasteiger partial charge in [-0.1, -0.05) is 26.0 Å². The summed E-state index contributed by atoms with van der Waals surface area (Å²) < 4.78 is 18.7. The summed E-state index contributed by atoms with van der Waals surface area (Å²) in [6.07, 6.45) is -1.80. The number of esters is 2. The van der Waals surface area contributed by atoms with Crippen molar-refractivity contribution in [3.63, 3.8) is 0 Å². The molecule has 2 bridgehead atoms. The van der Waals surface area contributed by atoms with Crippen molar-refractivity contribution >= 4 is 35.7 Å². The van der Waals surface area contributed by atoms with Crippen molar-refractivity contribution in [2.75, 3.05) is 13.6 Å². The SMILES string of the molecule is CC(C)C(=O)N[C@@H](CC(=O)OC1=CC[C@@]2(OC(=O)C[C@H](NC(=O)[C@H](C)O)C(=O)O)[C@H]3Cc4ccc(CO)c5c4C2(CCN3C)C1O5)C(=O)O. The minimum atomic E-state index is -1.70. The lowest BCUT2D eigenvalue weighted by atomic mass is 9.50. The number of nitrogens with zero attached hydrogens (tertiary/aromatic N) is 1. The summed E-state index contributed by atoms with van der Waals surface area (Å²) in [5.74, 6) is -6.51. The summed E-state index contributed by atoms with van der Waals surface area (Å²) >= 11 is 0. The first-order chi connectivity index (χ1) is 23.1. The predicted molar refractivity (Wildman–Crippen MR) is 166 cm³/mol. The molecule has 2 aliphatic carbocycles. The Morgan fingerprint density at radius 1 is 1.00 bits per heavy atom. The lowest BCUT2D eigenvalue weighted by molar-refractivity contribution is -0.207. The first-order valence-corrected chi connectivity index (χ1v) is 16.1. The summed E-state index contributed by atoms with van der Waals surface area (Å²) in [5, 5.41) is 43.7. The van der Waals surface area contributed by atoms with Gasteiger partial charge < -0.3 is 45.3 Å². The summed E-state index contributed by atoms with van der Waals surface area (Å²) in [6, 6.07) is -0.123. The second-order valence-electron chi connectivity index (χ2n) is 13.4. The Bertz CT molecular complexity index is 1610. The number of carboxylic acids is 2. The fourth-order valence-electron chi connectivity index (χ4n) is 7.58. The number of rotatable bonds is 13. The Morgan fingerprint density at radius 2 is 1.63 bits per heavy atom. The van der Waals surface area contributed by atoms with E-state index < -0.39 is 95.8 Å². The Kier molecular flexibility index (Phi) is 9.78. The van der Waals surface area contributed by atoms with Crippen LogP contribution >= 0.6 is 0 Å². The van der Waals surface area contributed by atoms with Crippen LogP contribution in [0.2, 0.25) is 0 Å². The number of amides is 2. The second kappa shape index (κ2) is 13.4. The zero-order valence-corrected chi connectivity index (χ0v) is 27.6. The number of aliphatic hydroxyl groups excluding tert-OH is 2. The second-order valence-corrected chi connectivity index (χ2v) is 13.4. The summed E-state index contributed by atoms with van der Waals surface area (Å²) in [7, 11) is 1.87. The van der Waals surface area contributed by atoms with E-state index in [-0.39, 0.29) is 18.8 Å². The summed E-state index contributed by atoms with van der Waals surface area (Å²) in [6.45, 7) is 4.42. The zero-order chi connectivity index (χ0) is 36.0. The minimum absolute atomic E-state index is 0.0112. The highest BCUT2D eigenvalue weighted by molar-refractivity contribution is 5.89. The van der Waals surface area contributed by atoms with Gasteiger partial charge in [0.15, 0.2) is 6.10 Å². The minimum Gasteiger partial charge on any atom is -0.481 e. The van der Waals surface area contributed by atoms with Crippen molar-refractivity contribution in [3.8, 4) is 5.75 Å². The average molecular weight is 688 g/mol. The highest BCUT2D eigenvalue weighted by Crippen LogP contribution is 2.65. The number of likely N-dealkylation sites (tertiary alicyclic amines) is 1. The van der Waals surface area contributed by atoms with Gasteiger partial charge in [0.2, 0.25) is 11.8 Å². The van der Waals surface area contributed by atoms with Crippen LogP contribution in [0, 0.1) is 5.92 Å². The maximum atomic E-state index is 13.7. The molecule has 1 aromatic rings. The summed E-state index contributed by atoms with van der Waals surface area (Å²) in [4.78, 5) is 77.2. The molecule has 2 aliphatic heterocycles. The fourth-order valence-corrected chi connectivity index (χ4v) is 7.58. The molecular weight excluding hydrogens is 646 g/mol. The third kappa shape index (κ3) is 6.12. The molecule has 2 unspecified atom stereocenters. The van der Waals surface area contributed by atoms with Crippen LogP contribution < -0.4 is 15.4 Å². The topological polar surface area (TPSA) is 238 Å². The average Bonchev–Trinajstić information content (AvgIpc) is 3.38. The first-order valence-electron chi connectivity index (χ1n) is 16.1. The van der Waals surface area contributed by atoms with E-state index in [9.17, 15) is 49.2 Å². The van der Waals surface area contributed by atoms with E-state index in [0.29, 0.717) is 36.3 Å². The van der Waals surface area contributed by atoms with Gasteiger partial charge in [0.25, 0.3) is 0 Å². The van der Waals surface area contributed by atoms with Gasteiger partial charge in [0.05, 0.1) is 30.9 Å². The number of hydrogen-bond donors (Lipinski definition) is 6. The molecule has 1 saturated heterocycles. The number of hydrogen-bond acceptors (Lipinski definition) is 12. The molecule has 16 nitrogen and oxygen atoms in total. The van der Waals surface area contributed by atoms with Gasteiger partial charge in [-0.05, 0) is 45.0 Å². The van der Waals surface area contributed by atoms with Crippen molar-refractivity contribution in [1.82, 2.24) is 15.5 Å². The van der Waals surface area contributed by atoms with Gasteiger partial charge in [-0.25, -0.2) is 9.59 Å². The van der Waals surface area contributed by atoms with E-state index in [1.165, 1.54) is 6.08 Å². The number of likely N-dealkylation sites (N-methyl/N-ethyl adjacent to an activating group) is 1. The number of piperidine rings is 1. The van der Waals surface area contributed by atoms with E-state index >= 15 is 0 Å². The number of benzene rings is 1. The van der Waals surface area contributed by atoms with Crippen LogP contribution in [0.3, 0.4) is 0 Å². The Morgan fingerprint density at radius 3 is 2.22 bits per heavy atom. The molecule has 1 aromatic carbocycles. The van der Waals surface area contributed by atoms with E-state index in [1.54, 1.807) is 19.9 Å². The van der Waals surface area contributed by atoms with Crippen LogP contribution in [-0.4, -0.2) is 111 Å². The normalized spacial score (nSPS) is 26.6. The fraction of sp³-hybridized carbons (Fsp3) is 0.576. The van der Waals surface area contributed by atoms with Crippen LogP contribution in [0.15, 0.2) is 24.0 Å². The standard InChI is InChI=1S/C33H41N3O13/c1-15(2)28(41)34-19(30(43)44)12-23(39)47-21-7-8-33(49-24(40)13-20(31(45)46)35-29(42)16(3)38)22-11-17-5-6-18(14-37)26-25(17)32(33,27(21)48-26)9-10-36(22)4/h5-7,15-16,19-20,22,27,37-38H,8-14H2,1-4H3,(H,34,41)(H,35,42)(H,43,44)(H,45,46)/t16-,19-,20-,22+,27?,32?,33+/m0/s1. The van der Waals surface area contributed by atoms with Crippen molar-refractivity contribution in [2.45, 2.75) is 101 Å². The number of aliphatic hydroxyl groups is 2. The molecule has 4 aliphatic rings. The summed E-state index contributed by atoms with van der Waals surface area (Å²) in [5.41, 5.74) is -0.596. The van der Waals surface area contributed by atoms with E-state index in [0.717, 1.165) is 12.5 Å². The number of carbonyl (C=O) groups is 6. The van der Waals surface area contributed by atoms with E-state index in [1.807, 2.05) is 18.0 Å². The quantitative estimate of drug-likeness (QED) is 0.144. The smallest absolute Gasteiger partial charge is 0.326 e. The van der Waals surface area contributed by atoms with Gasteiger partial charge >= 0.3 is 23.9 Å². The van der Waals surface area contributed by atoms with Gasteiger partial charge in [-0.15, -0.1) is 0 Å². The highest BCUT2D eigenvalue weighted by Gasteiger charge is 2.74. The lowest BCUT2D eigenvalue weighted by Crippen LogP contribution is -2.75. The highest BCUT2D eigenvalue weighted by atomic mass is 16.6. The van der Waals surface area contributed by atoms with Gasteiger partial charge in [-0.3, -0.25) is 24.1 Å². The Labute approximate surface area is 281 Å². The van der Waals surface area contributed by atoms with Crippen molar-refractivity contribution in [2.24, 2.45) is 5.92 Å². The molecule has 5 rings (SSSR count). The Hall–Kier alpha value is -4.54. The maximum absolute atomic E-state index is 13.7. The lowest BCUT2D eigenvalue weighted by Gasteiger charge is -2.62. The van der Waals surface area contributed by atoms with Crippen molar-refractivity contribution in [3.05, 3.63) is 40.7 Å². The van der Waals surface area contributed by atoms with Crippen molar-refractivity contribution < 1.29 is 63.4 Å². The maximum Gasteiger partial charge on any atom is 0.326 e. The van der Waals surface area contributed by atoms with Gasteiger partial charge in [0, 0.05) is 23.5 Å². The van der Waals surface area contributed by atoms with Gasteiger partial charge in [-0.2, -0.15) is 0 Å². The van der Waals surface area contributed by atoms with Crippen LogP contribution in [0.25, 0.3) is 0 Å². The first kappa shape index (κ1) is 35.8. The molecule has 0 aromatic heterocycles. The predicted octanol–water partition coefficient (Wildman–Crippen LogP) is -0.493. The third-order valence-electron chi connectivity index (χ3n) is 9.99. The molecule has 0 radical (unpaired) electrons. The molecule has 1 spiro atoms. The zero-order valence-electron chi connectivity index (χ0n) is 27.6. The largest absolute Gasteiger partial charge is 0.481 e. The van der Waals surface area contributed by atoms with Gasteiger partial charge in [0.1, 0.15) is 35.3 Å². The van der Waals surface area contributed by atoms with Crippen LogP contribution in [0.4, 0.5) is 0 Å². The van der Waals surface area contributed by atoms with Crippen LogP contribution in [-0.2, 0) is 56.7 Å². The molecule has 16 heteroatoms. The molecule has 6 N–H and O–H groups in total. The molecule has 49 heavy (non-hydrogen) atoms. The van der Waals surface area contributed by atoms with Crippen LogP contribution in [0.5, 0.6) is 5.75 Å². The number of ether oxygens (including phenoxy) is 3. The van der Waals surface area contributed by atoms with E-state index in [2.05, 4.69) is 10.6 Å². The Balaban J connectivity index is 1.53. The number of carbonyl (C=O) groups excluding carboxylic acids is 4. The monoisotopic (exact) mass is 687 g/mol. The number of nitrogens with one attached hydrogen (secondary N) is 2. The molecule has 0 saturated carbocycles. The van der Waals surface area contributed by atoms with Crippen LogP contribution in [0.1, 0.15) is 63.1 Å². The van der Waals surface area contributed by atoms with E-state index in [4.69, 9.17) is 14.2 Å². The molecule has 1 fully saturated rings. The molecular formula is C33H41N3O13. The third-order valence-corrected chi connectivity index (χ3v) is 9.99. The molecule has 2 amide bonds.